The van der Waals surface area contributed by atoms with Crippen molar-refractivity contribution in [1.29, 1.82) is 0 Å². The van der Waals surface area contributed by atoms with Gasteiger partial charge in [0.05, 0.1) is 22.1 Å². The number of carbonyl (C=O) groups is 1. The Kier molecular flexibility index (Phi) is 5.58. The van der Waals surface area contributed by atoms with E-state index >= 15 is 0 Å². The molecule has 0 unspecified atom stereocenters. The highest BCUT2D eigenvalue weighted by Gasteiger charge is 2.15. The van der Waals surface area contributed by atoms with E-state index in [1.54, 1.807) is 0 Å². The predicted octanol–water partition coefficient (Wildman–Crippen LogP) is 3.60. The van der Waals surface area contributed by atoms with Crippen molar-refractivity contribution in [3.63, 3.8) is 0 Å². The molecule has 0 aliphatic heterocycles. The van der Waals surface area contributed by atoms with Gasteiger partial charge in [-0.05, 0) is 12.5 Å². The lowest BCUT2D eigenvalue weighted by molar-refractivity contribution is -0.384. The largest absolute Gasteiger partial charge is 0.462 e. The average molecular weight is 272 g/mol. The third-order valence-electron chi connectivity index (χ3n) is 2.36. The molecule has 0 N–H and O–H groups in total. The number of rotatable bonds is 6. The fourth-order valence-electron chi connectivity index (χ4n) is 1.38. The lowest BCUT2D eigenvalue weighted by Crippen LogP contribution is -2.07. The minimum Gasteiger partial charge on any atom is -0.462 e. The van der Waals surface area contributed by atoms with Gasteiger partial charge >= 0.3 is 5.97 Å². The minimum atomic E-state index is -0.567. The number of ether oxygens (including phenoxy) is 1. The van der Waals surface area contributed by atoms with Gasteiger partial charge < -0.3 is 4.74 Å². The number of unbranched alkanes of at least 4 members (excludes halogenated alkanes) is 2. The number of nitro groups is 1. The molecular weight excluding hydrogens is 258 g/mol. The molecule has 18 heavy (non-hydrogen) atoms. The van der Waals surface area contributed by atoms with Gasteiger partial charge in [0.1, 0.15) is 0 Å². The van der Waals surface area contributed by atoms with E-state index in [2.05, 4.69) is 6.92 Å². The Morgan fingerprint density at radius 3 is 2.72 bits per heavy atom. The third-order valence-corrected chi connectivity index (χ3v) is 2.68. The van der Waals surface area contributed by atoms with Gasteiger partial charge in [0.25, 0.3) is 5.69 Å². The summed E-state index contributed by atoms with van der Waals surface area (Å²) in [4.78, 5) is 21.6. The second kappa shape index (κ2) is 6.96. The maximum atomic E-state index is 11.6. The second-order valence-corrected chi connectivity index (χ2v) is 4.17. The number of non-ortho nitro benzene ring substituents is 1. The summed E-state index contributed by atoms with van der Waals surface area (Å²) in [5.41, 5.74) is 0.00120. The van der Waals surface area contributed by atoms with Gasteiger partial charge in [-0.15, -0.1) is 0 Å². The van der Waals surface area contributed by atoms with Crippen LogP contribution in [0.4, 0.5) is 5.69 Å². The average Bonchev–Trinajstić information content (AvgIpc) is 2.34. The van der Waals surface area contributed by atoms with Gasteiger partial charge in [0.2, 0.25) is 0 Å². The Morgan fingerprint density at radius 1 is 1.44 bits per heavy atom. The smallest absolute Gasteiger partial charge is 0.339 e. The molecule has 0 spiro atoms. The molecule has 0 saturated carbocycles. The van der Waals surface area contributed by atoms with E-state index in [9.17, 15) is 14.9 Å². The van der Waals surface area contributed by atoms with Crippen molar-refractivity contribution in [1.82, 2.24) is 0 Å². The highest BCUT2D eigenvalue weighted by Crippen LogP contribution is 2.23. The molecule has 0 aromatic heterocycles. The molecular formula is C12H14ClNO4. The maximum Gasteiger partial charge on any atom is 0.339 e. The number of carbonyl (C=O) groups excluding carboxylic acids is 1. The standard InChI is InChI=1S/C12H14ClNO4/c1-2-3-4-7-18-12(15)10-6-5-9(14(16)17)8-11(10)13/h5-6,8H,2-4,7H2,1H3. The maximum absolute atomic E-state index is 11.6. The molecule has 0 amide bonds. The van der Waals surface area contributed by atoms with Gasteiger partial charge in [-0.2, -0.15) is 0 Å². The van der Waals surface area contributed by atoms with Crippen LogP contribution in [0.2, 0.25) is 5.02 Å². The summed E-state index contributed by atoms with van der Waals surface area (Å²) in [5, 5.41) is 10.5. The Hall–Kier alpha value is -1.62. The molecule has 98 valence electrons. The van der Waals surface area contributed by atoms with Crippen LogP contribution in [-0.2, 0) is 4.74 Å². The molecule has 1 rings (SSSR count). The molecule has 1 aromatic carbocycles. The first-order chi connectivity index (χ1) is 8.56. The van der Waals surface area contributed by atoms with Gasteiger partial charge in [-0.1, -0.05) is 31.4 Å². The molecule has 1 aromatic rings. The van der Waals surface area contributed by atoms with Gasteiger partial charge in [0, 0.05) is 12.1 Å². The summed E-state index contributed by atoms with van der Waals surface area (Å²) in [5.74, 6) is -0.550. The summed E-state index contributed by atoms with van der Waals surface area (Å²) in [6, 6.07) is 3.68. The van der Waals surface area contributed by atoms with Crippen molar-refractivity contribution in [2.45, 2.75) is 26.2 Å². The highest BCUT2D eigenvalue weighted by atomic mass is 35.5. The highest BCUT2D eigenvalue weighted by molar-refractivity contribution is 6.33. The van der Waals surface area contributed by atoms with Crippen LogP contribution >= 0.6 is 11.6 Å². The first-order valence-electron chi connectivity index (χ1n) is 5.67. The molecule has 0 heterocycles. The monoisotopic (exact) mass is 271 g/mol. The molecule has 5 nitrogen and oxygen atoms in total. The number of benzene rings is 1. The van der Waals surface area contributed by atoms with Crippen LogP contribution in [0.1, 0.15) is 36.5 Å². The normalized spacial score (nSPS) is 10.1. The van der Waals surface area contributed by atoms with Crippen molar-refractivity contribution in [2.24, 2.45) is 0 Å². The van der Waals surface area contributed by atoms with Crippen molar-refractivity contribution < 1.29 is 14.5 Å². The topological polar surface area (TPSA) is 69.4 Å². The van der Waals surface area contributed by atoms with Crippen molar-refractivity contribution in [3.05, 3.63) is 38.9 Å². The molecule has 0 aliphatic carbocycles. The summed E-state index contributed by atoms with van der Waals surface area (Å²) < 4.78 is 5.02. The summed E-state index contributed by atoms with van der Waals surface area (Å²) >= 11 is 5.80. The predicted molar refractivity (Wildman–Crippen MR) is 67.9 cm³/mol. The third kappa shape index (κ3) is 4.00. The molecule has 0 radical (unpaired) electrons. The molecule has 0 fully saturated rings. The minimum absolute atomic E-state index is 0.0321. The Labute approximate surface area is 110 Å². The van der Waals surface area contributed by atoms with Crippen molar-refractivity contribution >= 4 is 23.3 Å². The first-order valence-corrected chi connectivity index (χ1v) is 6.05. The molecule has 6 heteroatoms. The SMILES string of the molecule is CCCCCOC(=O)c1ccc([N+](=O)[O-])cc1Cl. The Balaban J connectivity index is 2.66. The fraction of sp³-hybridized carbons (Fsp3) is 0.417. The van der Waals surface area contributed by atoms with E-state index in [1.165, 1.54) is 12.1 Å². The van der Waals surface area contributed by atoms with E-state index in [0.717, 1.165) is 25.3 Å². The van der Waals surface area contributed by atoms with Crippen molar-refractivity contribution in [3.8, 4) is 0 Å². The summed E-state index contributed by atoms with van der Waals surface area (Å²) in [7, 11) is 0. The van der Waals surface area contributed by atoms with Crippen LogP contribution in [0, 0.1) is 10.1 Å². The Morgan fingerprint density at radius 2 is 2.17 bits per heavy atom. The van der Waals surface area contributed by atoms with E-state index < -0.39 is 10.9 Å². The van der Waals surface area contributed by atoms with E-state index in [0.29, 0.717) is 6.61 Å². The van der Waals surface area contributed by atoms with Crippen LogP contribution in [0.3, 0.4) is 0 Å². The molecule has 0 aliphatic rings. The van der Waals surface area contributed by atoms with Crippen LogP contribution in [0.15, 0.2) is 18.2 Å². The zero-order valence-electron chi connectivity index (χ0n) is 10.0. The van der Waals surface area contributed by atoms with Crippen LogP contribution in [0.5, 0.6) is 0 Å². The lowest BCUT2D eigenvalue weighted by Gasteiger charge is -2.05. The zero-order valence-corrected chi connectivity index (χ0v) is 10.8. The van der Waals surface area contributed by atoms with Gasteiger partial charge in [-0.3, -0.25) is 10.1 Å². The van der Waals surface area contributed by atoms with E-state index in [-0.39, 0.29) is 16.3 Å². The number of hydrogen-bond acceptors (Lipinski definition) is 4. The molecule has 0 saturated heterocycles. The van der Waals surface area contributed by atoms with E-state index in [1.807, 2.05) is 0 Å². The number of nitro benzene ring substituents is 1. The first kappa shape index (κ1) is 14.4. The van der Waals surface area contributed by atoms with Crippen LogP contribution in [0.25, 0.3) is 0 Å². The summed E-state index contributed by atoms with van der Waals surface area (Å²) in [6.07, 6.45) is 2.82. The summed E-state index contributed by atoms with van der Waals surface area (Å²) in [6.45, 7) is 2.38. The number of nitrogens with zero attached hydrogens (tertiary/aromatic N) is 1. The van der Waals surface area contributed by atoms with Crippen LogP contribution in [-0.4, -0.2) is 17.5 Å². The number of esters is 1. The van der Waals surface area contributed by atoms with Crippen molar-refractivity contribution in [2.75, 3.05) is 6.61 Å². The quantitative estimate of drug-likeness (QED) is 0.343. The van der Waals surface area contributed by atoms with Crippen LogP contribution < -0.4 is 0 Å². The zero-order chi connectivity index (χ0) is 13.5. The van der Waals surface area contributed by atoms with Gasteiger partial charge in [0.15, 0.2) is 0 Å². The molecule has 0 atom stereocenters. The Bertz CT molecular complexity index is 448. The number of hydrogen-bond donors (Lipinski definition) is 0. The lowest BCUT2D eigenvalue weighted by atomic mass is 10.2. The molecule has 0 bridgehead atoms. The second-order valence-electron chi connectivity index (χ2n) is 3.76. The van der Waals surface area contributed by atoms with E-state index in [4.69, 9.17) is 16.3 Å². The number of halogens is 1. The fourth-order valence-corrected chi connectivity index (χ4v) is 1.63. The van der Waals surface area contributed by atoms with Gasteiger partial charge in [-0.25, -0.2) is 4.79 Å².